The minimum atomic E-state index is 0.445. The molecule has 0 heterocycles. The molecule has 0 N–H and O–H groups in total. The third-order valence-corrected chi connectivity index (χ3v) is 3.06. The summed E-state index contributed by atoms with van der Waals surface area (Å²) in [5.74, 6) is 0. The molecule has 0 aliphatic rings. The minimum absolute atomic E-state index is 0.445. The number of hydrogen-bond acceptors (Lipinski definition) is 2. The first kappa shape index (κ1) is 13.6. The van der Waals surface area contributed by atoms with E-state index in [1.165, 1.54) is 5.56 Å². The second-order valence-corrected chi connectivity index (χ2v) is 4.67. The van der Waals surface area contributed by atoms with Gasteiger partial charge in [-0.15, -0.1) is 0 Å². The van der Waals surface area contributed by atoms with Crippen LogP contribution in [0.2, 0.25) is 5.02 Å². The quantitative estimate of drug-likeness (QED) is 0.582. The molecule has 0 atom stereocenters. The van der Waals surface area contributed by atoms with Gasteiger partial charge in [0.2, 0.25) is 0 Å². The van der Waals surface area contributed by atoms with Gasteiger partial charge in [0.1, 0.15) is 6.61 Å². The zero-order valence-electron chi connectivity index (χ0n) is 10.8. The molecule has 0 aliphatic heterocycles. The maximum Gasteiger partial charge on any atom is 0.142 e. The van der Waals surface area contributed by atoms with E-state index in [0.29, 0.717) is 6.61 Å². The molecule has 3 heteroatoms. The van der Waals surface area contributed by atoms with Gasteiger partial charge in [-0.3, -0.25) is 0 Å². The standard InChI is InChI=1S/C16H16ClNO/c1-2-13-3-5-14(6-4-13)11-18-19-12-15-7-9-16(17)10-8-15/h3-11H,2,12H2,1H3. The molecule has 0 aromatic heterocycles. The molecular formula is C16H16ClNO. The Morgan fingerprint density at radius 2 is 1.63 bits per heavy atom. The summed E-state index contributed by atoms with van der Waals surface area (Å²) in [5, 5.41) is 4.68. The van der Waals surface area contributed by atoms with Crippen molar-refractivity contribution in [2.24, 2.45) is 5.16 Å². The number of rotatable bonds is 5. The molecule has 0 aliphatic carbocycles. The van der Waals surface area contributed by atoms with Crippen LogP contribution in [0.15, 0.2) is 53.7 Å². The van der Waals surface area contributed by atoms with Crippen LogP contribution in [0, 0.1) is 0 Å². The van der Waals surface area contributed by atoms with E-state index in [2.05, 4.69) is 24.2 Å². The molecule has 0 amide bonds. The summed E-state index contributed by atoms with van der Waals surface area (Å²) in [5.41, 5.74) is 3.40. The highest BCUT2D eigenvalue weighted by Crippen LogP contribution is 2.10. The van der Waals surface area contributed by atoms with Crippen molar-refractivity contribution in [1.82, 2.24) is 0 Å². The highest BCUT2D eigenvalue weighted by atomic mass is 35.5. The van der Waals surface area contributed by atoms with Gasteiger partial charge in [-0.05, 0) is 35.2 Å². The van der Waals surface area contributed by atoms with Gasteiger partial charge in [0.15, 0.2) is 0 Å². The molecule has 0 saturated carbocycles. The summed E-state index contributed by atoms with van der Waals surface area (Å²) in [4.78, 5) is 5.25. The van der Waals surface area contributed by atoms with Crippen LogP contribution in [-0.2, 0) is 17.9 Å². The number of hydrogen-bond donors (Lipinski definition) is 0. The van der Waals surface area contributed by atoms with E-state index in [0.717, 1.165) is 22.6 Å². The Hall–Kier alpha value is -1.80. The van der Waals surface area contributed by atoms with Gasteiger partial charge in [-0.25, -0.2) is 0 Å². The summed E-state index contributed by atoms with van der Waals surface area (Å²) >= 11 is 5.81. The Balaban J connectivity index is 1.84. The number of aryl methyl sites for hydroxylation is 1. The fraction of sp³-hybridized carbons (Fsp3) is 0.188. The molecule has 0 spiro atoms. The van der Waals surface area contributed by atoms with Crippen LogP contribution in [0.4, 0.5) is 0 Å². The number of halogens is 1. The number of nitrogens with zero attached hydrogens (tertiary/aromatic N) is 1. The van der Waals surface area contributed by atoms with Crippen molar-refractivity contribution in [3.05, 3.63) is 70.2 Å². The molecule has 0 unspecified atom stereocenters. The van der Waals surface area contributed by atoms with Gasteiger partial charge in [-0.1, -0.05) is 60.1 Å². The third-order valence-electron chi connectivity index (χ3n) is 2.81. The van der Waals surface area contributed by atoms with Gasteiger partial charge in [-0.2, -0.15) is 0 Å². The number of oxime groups is 1. The largest absolute Gasteiger partial charge is 0.391 e. The van der Waals surface area contributed by atoms with Crippen LogP contribution < -0.4 is 0 Å². The molecule has 2 nitrogen and oxygen atoms in total. The maximum atomic E-state index is 5.81. The molecule has 0 fully saturated rings. The van der Waals surface area contributed by atoms with Crippen molar-refractivity contribution in [2.75, 3.05) is 0 Å². The summed E-state index contributed by atoms with van der Waals surface area (Å²) in [6, 6.07) is 15.8. The Kier molecular flexibility index (Phi) is 4.99. The fourth-order valence-electron chi connectivity index (χ4n) is 1.63. The van der Waals surface area contributed by atoms with Crippen LogP contribution in [0.25, 0.3) is 0 Å². The SMILES string of the molecule is CCc1ccc(C=NOCc2ccc(Cl)cc2)cc1. The second kappa shape index (κ2) is 6.95. The summed E-state index contributed by atoms with van der Waals surface area (Å²) < 4.78 is 0. The van der Waals surface area contributed by atoms with E-state index in [1.54, 1.807) is 6.21 Å². The average Bonchev–Trinajstić information content (AvgIpc) is 2.46. The Bertz CT molecular complexity index is 532. The van der Waals surface area contributed by atoms with Crippen LogP contribution in [0.3, 0.4) is 0 Å². The molecule has 19 heavy (non-hydrogen) atoms. The summed E-state index contributed by atoms with van der Waals surface area (Å²) in [7, 11) is 0. The molecule has 0 radical (unpaired) electrons. The zero-order chi connectivity index (χ0) is 13.5. The molecule has 2 aromatic rings. The van der Waals surface area contributed by atoms with Crippen LogP contribution in [0.1, 0.15) is 23.6 Å². The summed E-state index contributed by atoms with van der Waals surface area (Å²) in [6.07, 6.45) is 2.76. The van der Waals surface area contributed by atoms with Crippen LogP contribution in [-0.4, -0.2) is 6.21 Å². The third kappa shape index (κ3) is 4.42. The van der Waals surface area contributed by atoms with Crippen molar-refractivity contribution in [3.8, 4) is 0 Å². The van der Waals surface area contributed by atoms with E-state index in [-0.39, 0.29) is 0 Å². The molecular weight excluding hydrogens is 258 g/mol. The van der Waals surface area contributed by atoms with Crippen molar-refractivity contribution in [3.63, 3.8) is 0 Å². The van der Waals surface area contributed by atoms with Crippen LogP contribution in [0.5, 0.6) is 0 Å². The molecule has 2 rings (SSSR count). The van der Waals surface area contributed by atoms with E-state index >= 15 is 0 Å². The van der Waals surface area contributed by atoms with Crippen molar-refractivity contribution in [2.45, 2.75) is 20.0 Å². The highest BCUT2D eigenvalue weighted by molar-refractivity contribution is 6.30. The molecule has 0 bridgehead atoms. The predicted molar refractivity (Wildman–Crippen MR) is 79.7 cm³/mol. The van der Waals surface area contributed by atoms with Gasteiger partial charge in [0, 0.05) is 5.02 Å². The first-order valence-corrected chi connectivity index (χ1v) is 6.64. The first-order valence-electron chi connectivity index (χ1n) is 6.26. The lowest BCUT2D eigenvalue weighted by Crippen LogP contribution is -1.88. The van der Waals surface area contributed by atoms with Gasteiger partial charge < -0.3 is 4.84 Å². The van der Waals surface area contributed by atoms with Gasteiger partial charge in [0.25, 0.3) is 0 Å². The predicted octanol–water partition coefficient (Wildman–Crippen LogP) is 4.45. The molecule has 98 valence electrons. The lowest BCUT2D eigenvalue weighted by atomic mass is 10.1. The zero-order valence-corrected chi connectivity index (χ0v) is 11.6. The van der Waals surface area contributed by atoms with Crippen LogP contribution >= 0.6 is 11.6 Å². The monoisotopic (exact) mass is 273 g/mol. The first-order chi connectivity index (χ1) is 9.28. The van der Waals surface area contributed by atoms with Crippen molar-refractivity contribution >= 4 is 17.8 Å². The topological polar surface area (TPSA) is 21.6 Å². The lowest BCUT2D eigenvalue weighted by molar-refractivity contribution is 0.132. The highest BCUT2D eigenvalue weighted by Gasteiger charge is 1.93. The lowest BCUT2D eigenvalue weighted by Gasteiger charge is -2.00. The van der Waals surface area contributed by atoms with Crippen molar-refractivity contribution < 1.29 is 4.84 Å². The van der Waals surface area contributed by atoms with E-state index < -0.39 is 0 Å². The van der Waals surface area contributed by atoms with E-state index in [9.17, 15) is 0 Å². The van der Waals surface area contributed by atoms with Crippen molar-refractivity contribution in [1.29, 1.82) is 0 Å². The van der Waals surface area contributed by atoms with E-state index in [1.807, 2.05) is 36.4 Å². The Morgan fingerprint density at radius 1 is 1.00 bits per heavy atom. The summed E-state index contributed by atoms with van der Waals surface area (Å²) in [6.45, 7) is 2.58. The second-order valence-electron chi connectivity index (χ2n) is 4.23. The Labute approximate surface area is 118 Å². The molecule has 0 saturated heterocycles. The maximum absolute atomic E-state index is 5.81. The molecule has 2 aromatic carbocycles. The van der Waals surface area contributed by atoms with Gasteiger partial charge in [0.05, 0.1) is 6.21 Å². The van der Waals surface area contributed by atoms with Gasteiger partial charge >= 0.3 is 0 Å². The fourth-order valence-corrected chi connectivity index (χ4v) is 1.76. The normalized spacial score (nSPS) is 10.8. The smallest absolute Gasteiger partial charge is 0.142 e. The number of benzene rings is 2. The van der Waals surface area contributed by atoms with E-state index in [4.69, 9.17) is 16.4 Å². The Morgan fingerprint density at radius 3 is 2.26 bits per heavy atom. The average molecular weight is 274 g/mol. The minimum Gasteiger partial charge on any atom is -0.391 e.